The first-order valence-electron chi connectivity index (χ1n) is 13.8. The fourth-order valence-corrected chi connectivity index (χ4v) is 5.66. The summed E-state index contributed by atoms with van der Waals surface area (Å²) in [4.78, 5) is 34.9. The molecule has 1 aromatic carbocycles. The highest BCUT2D eigenvalue weighted by Gasteiger charge is 2.28. The molecule has 3 aliphatic rings. The maximum Gasteiger partial charge on any atom is 0.296 e. The van der Waals surface area contributed by atoms with Gasteiger partial charge in [-0.3, -0.25) is 14.3 Å². The van der Waals surface area contributed by atoms with Gasteiger partial charge in [0, 0.05) is 45.3 Å². The molecule has 0 bridgehead atoms. The van der Waals surface area contributed by atoms with E-state index in [1.165, 1.54) is 11.7 Å². The van der Waals surface area contributed by atoms with Crippen molar-refractivity contribution in [1.29, 1.82) is 0 Å². The van der Waals surface area contributed by atoms with Crippen LogP contribution in [-0.4, -0.2) is 114 Å². The van der Waals surface area contributed by atoms with E-state index in [-0.39, 0.29) is 11.9 Å². The van der Waals surface area contributed by atoms with Crippen molar-refractivity contribution < 1.29 is 23.0 Å². The molecule has 3 aliphatic heterocycles. The third-order valence-corrected chi connectivity index (χ3v) is 7.83. The molecule has 6 rings (SSSR count). The van der Waals surface area contributed by atoms with Gasteiger partial charge in [0.15, 0.2) is 5.82 Å². The molecule has 214 valence electrons. The number of halogens is 2. The van der Waals surface area contributed by atoms with Crippen LogP contribution in [0.5, 0.6) is 5.75 Å². The summed E-state index contributed by atoms with van der Waals surface area (Å²) < 4.78 is 40.8. The minimum absolute atomic E-state index is 0.123. The molecule has 2 aromatic heterocycles. The Morgan fingerprint density at radius 1 is 0.950 bits per heavy atom. The van der Waals surface area contributed by atoms with Crippen LogP contribution in [0.25, 0.3) is 17.0 Å². The average molecular weight is 557 g/mol. The molecule has 0 saturated carbocycles. The molecule has 40 heavy (non-hydrogen) atoms. The van der Waals surface area contributed by atoms with Crippen molar-refractivity contribution in [3.05, 3.63) is 30.1 Å². The molecule has 0 N–H and O–H groups in total. The van der Waals surface area contributed by atoms with Crippen LogP contribution in [0.4, 0.5) is 20.4 Å². The van der Waals surface area contributed by atoms with Crippen LogP contribution in [0.3, 0.4) is 0 Å². The number of likely N-dealkylation sites (tertiary alicyclic amines) is 1. The molecule has 5 heterocycles. The van der Waals surface area contributed by atoms with E-state index in [1.54, 1.807) is 18.2 Å². The number of carbonyl (C=O) groups excluding carboxylic acids is 1. The van der Waals surface area contributed by atoms with E-state index in [4.69, 9.17) is 19.4 Å². The van der Waals surface area contributed by atoms with Crippen molar-refractivity contribution in [1.82, 2.24) is 29.3 Å². The Hall–Kier alpha value is -3.58. The SMILES string of the molecule is COc1cccc2c1nc(C(F)F)n2-c1nc(N2CCOCC2)cc(N2CCN(C(=O)CN3CCCC3)CC2)n1. The molecule has 11 nitrogen and oxygen atoms in total. The van der Waals surface area contributed by atoms with Crippen LogP contribution >= 0.6 is 0 Å². The number of hydrogen-bond donors (Lipinski definition) is 0. The summed E-state index contributed by atoms with van der Waals surface area (Å²) in [6.45, 7) is 7.13. The summed E-state index contributed by atoms with van der Waals surface area (Å²) in [5.74, 6) is 1.50. The van der Waals surface area contributed by atoms with Gasteiger partial charge in [0.2, 0.25) is 11.9 Å². The Balaban J connectivity index is 1.33. The molecule has 0 unspecified atom stereocenters. The number of fused-ring (bicyclic) bond motifs is 1. The van der Waals surface area contributed by atoms with E-state index >= 15 is 0 Å². The van der Waals surface area contributed by atoms with Crippen LogP contribution in [0.2, 0.25) is 0 Å². The van der Waals surface area contributed by atoms with Gasteiger partial charge in [-0.1, -0.05) is 6.07 Å². The minimum Gasteiger partial charge on any atom is -0.494 e. The Morgan fingerprint density at radius 3 is 2.27 bits per heavy atom. The van der Waals surface area contributed by atoms with Crippen molar-refractivity contribution in [2.75, 3.05) is 89.0 Å². The van der Waals surface area contributed by atoms with E-state index < -0.39 is 12.2 Å². The smallest absolute Gasteiger partial charge is 0.296 e. The first kappa shape index (κ1) is 26.6. The first-order chi connectivity index (χ1) is 19.5. The lowest BCUT2D eigenvalue weighted by Crippen LogP contribution is -2.51. The van der Waals surface area contributed by atoms with Gasteiger partial charge in [0.25, 0.3) is 6.43 Å². The fraction of sp³-hybridized carbons (Fsp3) is 0.556. The number of para-hydroxylation sites is 1. The van der Waals surface area contributed by atoms with E-state index in [0.717, 1.165) is 25.9 Å². The number of morpholine rings is 1. The summed E-state index contributed by atoms with van der Waals surface area (Å²) in [5, 5.41) is 0. The molecule has 3 saturated heterocycles. The third kappa shape index (κ3) is 5.27. The molecule has 0 atom stereocenters. The number of benzene rings is 1. The Morgan fingerprint density at radius 2 is 1.62 bits per heavy atom. The van der Waals surface area contributed by atoms with Crippen molar-refractivity contribution in [2.45, 2.75) is 19.3 Å². The van der Waals surface area contributed by atoms with Gasteiger partial charge in [-0.15, -0.1) is 0 Å². The zero-order chi connectivity index (χ0) is 27.6. The normalized spacial score (nSPS) is 18.8. The summed E-state index contributed by atoms with van der Waals surface area (Å²) in [7, 11) is 1.49. The summed E-state index contributed by atoms with van der Waals surface area (Å²) >= 11 is 0. The van der Waals surface area contributed by atoms with Crippen LogP contribution in [0, 0.1) is 0 Å². The quantitative estimate of drug-likeness (QED) is 0.435. The van der Waals surface area contributed by atoms with Crippen molar-refractivity contribution in [3.63, 3.8) is 0 Å². The predicted molar refractivity (Wildman–Crippen MR) is 146 cm³/mol. The number of imidazole rings is 1. The molecule has 0 aliphatic carbocycles. The monoisotopic (exact) mass is 556 g/mol. The molecule has 3 fully saturated rings. The summed E-state index contributed by atoms with van der Waals surface area (Å²) in [6, 6.07) is 7.04. The van der Waals surface area contributed by atoms with E-state index in [9.17, 15) is 13.6 Å². The van der Waals surface area contributed by atoms with Crippen molar-refractivity contribution in [3.8, 4) is 11.7 Å². The van der Waals surface area contributed by atoms with Gasteiger partial charge in [-0.05, 0) is 38.1 Å². The van der Waals surface area contributed by atoms with Gasteiger partial charge in [0.1, 0.15) is 22.9 Å². The standard InChI is InChI=1S/C27H34F2N8O3/c1-39-20-6-4-5-19-24(20)32-26(25(28)29)37(19)27-30-21(17-22(31-27)35-13-15-40-16-14-35)34-9-11-36(12-10-34)23(38)18-33-7-2-3-8-33/h4-6,17,25H,2-3,7-16,18H2,1H3. The topological polar surface area (TPSA) is 92.1 Å². The largest absolute Gasteiger partial charge is 0.494 e. The number of methoxy groups -OCH3 is 1. The van der Waals surface area contributed by atoms with E-state index in [2.05, 4.69) is 19.7 Å². The van der Waals surface area contributed by atoms with Gasteiger partial charge in [0.05, 0.1) is 32.4 Å². The van der Waals surface area contributed by atoms with E-state index in [1.807, 2.05) is 11.0 Å². The molecular formula is C27H34F2N8O3. The Kier molecular flexibility index (Phi) is 7.65. The number of hydrogen-bond acceptors (Lipinski definition) is 9. The van der Waals surface area contributed by atoms with Gasteiger partial charge in [-0.2, -0.15) is 9.97 Å². The lowest BCUT2D eigenvalue weighted by Gasteiger charge is -2.36. The second kappa shape index (κ2) is 11.5. The average Bonchev–Trinajstić information content (AvgIpc) is 3.65. The van der Waals surface area contributed by atoms with Crippen LogP contribution in [0.1, 0.15) is 25.1 Å². The number of rotatable bonds is 7. The maximum absolute atomic E-state index is 14.3. The number of amides is 1. The second-order valence-electron chi connectivity index (χ2n) is 10.3. The Bertz CT molecular complexity index is 1350. The van der Waals surface area contributed by atoms with Crippen LogP contribution in [0.15, 0.2) is 24.3 Å². The zero-order valence-electron chi connectivity index (χ0n) is 22.6. The highest BCUT2D eigenvalue weighted by atomic mass is 19.3. The third-order valence-electron chi connectivity index (χ3n) is 7.83. The lowest BCUT2D eigenvalue weighted by atomic mass is 10.3. The molecular weight excluding hydrogens is 522 g/mol. The predicted octanol–water partition coefficient (Wildman–Crippen LogP) is 2.34. The van der Waals surface area contributed by atoms with Crippen molar-refractivity contribution in [2.24, 2.45) is 0 Å². The summed E-state index contributed by atoms with van der Waals surface area (Å²) in [6.07, 6.45) is -0.551. The van der Waals surface area contributed by atoms with Gasteiger partial charge < -0.3 is 24.2 Å². The van der Waals surface area contributed by atoms with Crippen LogP contribution in [-0.2, 0) is 9.53 Å². The van der Waals surface area contributed by atoms with Crippen molar-refractivity contribution >= 4 is 28.6 Å². The van der Waals surface area contributed by atoms with Gasteiger partial charge in [-0.25, -0.2) is 13.8 Å². The number of alkyl halides is 2. The maximum atomic E-state index is 14.3. The van der Waals surface area contributed by atoms with Gasteiger partial charge >= 0.3 is 0 Å². The lowest BCUT2D eigenvalue weighted by molar-refractivity contribution is -0.132. The Labute approximate surface area is 231 Å². The number of piperazine rings is 1. The second-order valence-corrected chi connectivity index (χ2v) is 10.3. The number of anilines is 2. The molecule has 0 spiro atoms. The highest BCUT2D eigenvalue weighted by Crippen LogP contribution is 2.33. The number of nitrogens with zero attached hydrogens (tertiary/aromatic N) is 8. The first-order valence-corrected chi connectivity index (χ1v) is 13.8. The van der Waals surface area contributed by atoms with E-state index in [0.29, 0.717) is 87.4 Å². The molecule has 3 aromatic rings. The van der Waals surface area contributed by atoms with Crippen LogP contribution < -0.4 is 14.5 Å². The molecule has 1 amide bonds. The zero-order valence-corrected chi connectivity index (χ0v) is 22.6. The minimum atomic E-state index is -2.85. The number of aromatic nitrogens is 4. The summed E-state index contributed by atoms with van der Waals surface area (Å²) in [5.41, 5.74) is 0.768. The highest BCUT2D eigenvalue weighted by molar-refractivity contribution is 5.84. The molecule has 13 heteroatoms. The number of carbonyl (C=O) groups is 1. The number of ether oxygens (including phenoxy) is 2. The molecule has 0 radical (unpaired) electrons. The fourth-order valence-electron chi connectivity index (χ4n) is 5.66.